The molecule has 4 nitrogen and oxygen atoms in total. The lowest BCUT2D eigenvalue weighted by atomic mass is 10.3. The van der Waals surface area contributed by atoms with Gasteiger partial charge in [0, 0.05) is 28.0 Å². The molecule has 0 saturated carbocycles. The van der Waals surface area contributed by atoms with Crippen LogP contribution in [0.2, 0.25) is 15.1 Å². The summed E-state index contributed by atoms with van der Waals surface area (Å²) in [7, 11) is 0. The van der Waals surface area contributed by atoms with Crippen molar-refractivity contribution in [2.24, 2.45) is 0 Å². The maximum absolute atomic E-state index is 11.9. The molecule has 0 unspecified atom stereocenters. The monoisotopic (exact) mass is 330 g/mol. The molecule has 20 heavy (non-hydrogen) atoms. The molecule has 0 atom stereocenters. The van der Waals surface area contributed by atoms with Crippen LogP contribution >= 0.6 is 34.8 Å². The van der Waals surface area contributed by atoms with E-state index in [4.69, 9.17) is 34.8 Å². The Labute approximate surface area is 129 Å². The standard InChI is InChI=1S/C13H9Cl3N2O2/c14-8-1-2-13(20)18(6-8)7-12(19)17-11-4-9(15)3-10(16)5-11/h1-6H,7H2,(H,17,19). The highest BCUT2D eigenvalue weighted by Crippen LogP contribution is 2.22. The number of pyridine rings is 1. The molecule has 2 rings (SSSR count). The quantitative estimate of drug-likeness (QED) is 0.936. The van der Waals surface area contributed by atoms with Crippen molar-refractivity contribution in [1.29, 1.82) is 0 Å². The topological polar surface area (TPSA) is 51.1 Å². The molecule has 1 amide bonds. The molecular formula is C13H9Cl3N2O2. The molecule has 0 aliphatic rings. The van der Waals surface area contributed by atoms with Crippen molar-refractivity contribution in [2.45, 2.75) is 6.54 Å². The first kappa shape index (κ1) is 14.9. The van der Waals surface area contributed by atoms with Gasteiger partial charge in [0.25, 0.3) is 5.56 Å². The van der Waals surface area contributed by atoms with Gasteiger partial charge in [-0.3, -0.25) is 9.59 Å². The van der Waals surface area contributed by atoms with Crippen molar-refractivity contribution in [2.75, 3.05) is 5.32 Å². The van der Waals surface area contributed by atoms with Crippen molar-refractivity contribution in [3.8, 4) is 0 Å². The molecular weight excluding hydrogens is 323 g/mol. The molecule has 1 N–H and O–H groups in total. The van der Waals surface area contributed by atoms with Gasteiger partial charge in [-0.15, -0.1) is 0 Å². The molecule has 0 fully saturated rings. The second kappa shape index (κ2) is 6.31. The van der Waals surface area contributed by atoms with Gasteiger partial charge < -0.3 is 9.88 Å². The third-order valence-corrected chi connectivity index (χ3v) is 3.07. The number of amides is 1. The SMILES string of the molecule is O=C(Cn1cc(Cl)ccc1=O)Nc1cc(Cl)cc(Cl)c1. The third kappa shape index (κ3) is 4.00. The molecule has 0 saturated heterocycles. The number of hydrogen-bond donors (Lipinski definition) is 1. The van der Waals surface area contributed by atoms with Crippen molar-refractivity contribution < 1.29 is 4.79 Å². The van der Waals surface area contributed by atoms with Crippen LogP contribution in [0.15, 0.2) is 41.3 Å². The largest absolute Gasteiger partial charge is 0.324 e. The van der Waals surface area contributed by atoms with Gasteiger partial charge in [0.05, 0.1) is 5.02 Å². The summed E-state index contributed by atoms with van der Waals surface area (Å²) in [5.74, 6) is -0.382. The van der Waals surface area contributed by atoms with E-state index in [0.29, 0.717) is 20.8 Å². The second-order valence-electron chi connectivity index (χ2n) is 4.02. The minimum atomic E-state index is -0.382. The smallest absolute Gasteiger partial charge is 0.251 e. The van der Waals surface area contributed by atoms with Crippen LogP contribution in [0, 0.1) is 0 Å². The highest BCUT2D eigenvalue weighted by molar-refractivity contribution is 6.35. The minimum absolute atomic E-state index is 0.149. The number of anilines is 1. The van der Waals surface area contributed by atoms with Gasteiger partial charge in [-0.1, -0.05) is 34.8 Å². The van der Waals surface area contributed by atoms with Crippen molar-refractivity contribution in [3.63, 3.8) is 0 Å². The Morgan fingerprint density at radius 1 is 1.05 bits per heavy atom. The Balaban J connectivity index is 2.13. The predicted octanol–water partition coefficient (Wildman–Crippen LogP) is 3.45. The molecule has 1 aromatic carbocycles. The van der Waals surface area contributed by atoms with Gasteiger partial charge in [-0.05, 0) is 24.3 Å². The van der Waals surface area contributed by atoms with E-state index in [1.807, 2.05) is 0 Å². The normalized spacial score (nSPS) is 10.3. The summed E-state index contributed by atoms with van der Waals surface area (Å²) in [6.07, 6.45) is 1.40. The Morgan fingerprint density at radius 3 is 2.35 bits per heavy atom. The van der Waals surface area contributed by atoms with Crippen LogP contribution < -0.4 is 10.9 Å². The summed E-state index contributed by atoms with van der Waals surface area (Å²) in [6, 6.07) is 7.44. The van der Waals surface area contributed by atoms with Crippen LogP contribution in [0.4, 0.5) is 5.69 Å². The van der Waals surface area contributed by atoms with E-state index < -0.39 is 0 Å². The lowest BCUT2D eigenvalue weighted by molar-refractivity contribution is -0.116. The molecule has 0 radical (unpaired) electrons. The van der Waals surface area contributed by atoms with Gasteiger partial charge in [-0.25, -0.2) is 0 Å². The Morgan fingerprint density at radius 2 is 1.70 bits per heavy atom. The fourth-order valence-corrected chi connectivity index (χ4v) is 2.31. The molecule has 1 heterocycles. The number of hydrogen-bond acceptors (Lipinski definition) is 2. The van der Waals surface area contributed by atoms with E-state index in [1.54, 1.807) is 18.2 Å². The minimum Gasteiger partial charge on any atom is -0.324 e. The summed E-state index contributed by atoms with van der Waals surface area (Å²) in [5, 5.41) is 3.81. The molecule has 0 spiro atoms. The number of carbonyl (C=O) groups is 1. The van der Waals surface area contributed by atoms with Crippen LogP contribution in [0.5, 0.6) is 0 Å². The number of nitrogens with zero attached hydrogens (tertiary/aromatic N) is 1. The summed E-state index contributed by atoms with van der Waals surface area (Å²) < 4.78 is 1.21. The van der Waals surface area contributed by atoms with E-state index in [-0.39, 0.29) is 18.0 Å². The van der Waals surface area contributed by atoms with Crippen LogP contribution in [-0.4, -0.2) is 10.5 Å². The molecule has 0 aliphatic carbocycles. The van der Waals surface area contributed by atoms with Crippen LogP contribution in [0.3, 0.4) is 0 Å². The zero-order valence-electron chi connectivity index (χ0n) is 10.1. The zero-order chi connectivity index (χ0) is 14.7. The van der Waals surface area contributed by atoms with E-state index in [9.17, 15) is 9.59 Å². The van der Waals surface area contributed by atoms with Gasteiger partial charge in [0.15, 0.2) is 0 Å². The van der Waals surface area contributed by atoms with E-state index >= 15 is 0 Å². The first-order valence-electron chi connectivity index (χ1n) is 5.56. The first-order valence-corrected chi connectivity index (χ1v) is 6.69. The summed E-state index contributed by atoms with van der Waals surface area (Å²) in [4.78, 5) is 23.4. The van der Waals surface area contributed by atoms with Gasteiger partial charge >= 0.3 is 0 Å². The molecule has 1 aromatic heterocycles. The molecule has 0 bridgehead atoms. The number of carbonyl (C=O) groups excluding carboxylic acids is 1. The fourth-order valence-electron chi connectivity index (χ4n) is 1.61. The Kier molecular flexibility index (Phi) is 4.70. The van der Waals surface area contributed by atoms with Crippen molar-refractivity contribution in [3.05, 3.63) is 62.0 Å². The highest BCUT2D eigenvalue weighted by atomic mass is 35.5. The first-order chi connectivity index (χ1) is 9.44. The van der Waals surface area contributed by atoms with Gasteiger partial charge in [0.1, 0.15) is 6.54 Å². The zero-order valence-corrected chi connectivity index (χ0v) is 12.3. The molecule has 104 valence electrons. The average Bonchev–Trinajstić information content (AvgIpc) is 2.32. The number of aromatic nitrogens is 1. The lowest BCUT2D eigenvalue weighted by Crippen LogP contribution is -2.26. The molecule has 0 aliphatic heterocycles. The van der Waals surface area contributed by atoms with E-state index in [1.165, 1.54) is 22.9 Å². The lowest BCUT2D eigenvalue weighted by Gasteiger charge is -2.08. The third-order valence-electron chi connectivity index (χ3n) is 2.41. The van der Waals surface area contributed by atoms with Crippen LogP contribution in [-0.2, 0) is 11.3 Å². The second-order valence-corrected chi connectivity index (χ2v) is 5.33. The summed E-state index contributed by atoms with van der Waals surface area (Å²) >= 11 is 17.4. The predicted molar refractivity (Wildman–Crippen MR) is 80.8 cm³/mol. The van der Waals surface area contributed by atoms with Crippen molar-refractivity contribution in [1.82, 2.24) is 4.57 Å². The van der Waals surface area contributed by atoms with Crippen LogP contribution in [0.25, 0.3) is 0 Å². The maximum Gasteiger partial charge on any atom is 0.251 e. The number of halogens is 3. The fraction of sp³-hybridized carbons (Fsp3) is 0.0769. The molecule has 2 aromatic rings. The maximum atomic E-state index is 11.9. The molecule has 7 heteroatoms. The van der Waals surface area contributed by atoms with Crippen molar-refractivity contribution >= 4 is 46.4 Å². The number of benzene rings is 1. The van der Waals surface area contributed by atoms with E-state index in [0.717, 1.165) is 0 Å². The Bertz CT molecular complexity index is 693. The van der Waals surface area contributed by atoms with Gasteiger partial charge in [-0.2, -0.15) is 0 Å². The average molecular weight is 332 g/mol. The van der Waals surface area contributed by atoms with Gasteiger partial charge in [0.2, 0.25) is 5.91 Å². The number of rotatable bonds is 3. The van der Waals surface area contributed by atoms with Crippen LogP contribution in [0.1, 0.15) is 0 Å². The number of nitrogens with one attached hydrogen (secondary N) is 1. The Hall–Kier alpha value is -1.49. The summed E-state index contributed by atoms with van der Waals surface area (Å²) in [6.45, 7) is -0.149. The van der Waals surface area contributed by atoms with E-state index in [2.05, 4.69) is 5.32 Å². The highest BCUT2D eigenvalue weighted by Gasteiger charge is 2.07. The summed E-state index contributed by atoms with van der Waals surface area (Å²) in [5.41, 5.74) is 0.149.